The maximum atomic E-state index is 4.57. The minimum Gasteiger partial charge on any atom is -0.256 e. The first kappa shape index (κ1) is 11.9. The van der Waals surface area contributed by atoms with Gasteiger partial charge in [-0.05, 0) is 30.4 Å². The first-order valence-corrected chi connectivity index (χ1v) is 6.75. The predicted octanol–water partition coefficient (Wildman–Crippen LogP) is 4.42. The summed E-state index contributed by atoms with van der Waals surface area (Å²) in [5.74, 6) is 0.620. The molecule has 1 nitrogen and oxygen atoms in total. The maximum Gasteiger partial charge on any atom is 0.0702 e. The zero-order chi connectivity index (χ0) is 12.9. The van der Waals surface area contributed by atoms with E-state index in [1.54, 1.807) is 0 Å². The second-order valence-electron chi connectivity index (χ2n) is 4.93. The van der Waals surface area contributed by atoms with Crippen LogP contribution in [0.1, 0.15) is 12.0 Å². The molecule has 1 heteroatoms. The van der Waals surface area contributed by atoms with E-state index in [-0.39, 0.29) is 0 Å². The number of aromatic nitrogens is 1. The molecular weight excluding hydrogens is 230 g/mol. The third-order valence-corrected chi connectivity index (χ3v) is 3.46. The number of benzene rings is 1. The lowest BCUT2D eigenvalue weighted by molar-refractivity contribution is 0.652. The van der Waals surface area contributed by atoms with Crippen molar-refractivity contribution in [3.63, 3.8) is 0 Å². The monoisotopic (exact) mass is 247 g/mol. The van der Waals surface area contributed by atoms with Gasteiger partial charge >= 0.3 is 0 Å². The molecule has 2 aromatic rings. The lowest BCUT2D eigenvalue weighted by Gasteiger charge is -2.12. The number of nitrogens with zero attached hydrogens (tertiary/aromatic N) is 1. The maximum absolute atomic E-state index is 4.57. The van der Waals surface area contributed by atoms with Crippen LogP contribution < -0.4 is 0 Å². The predicted molar refractivity (Wildman–Crippen MR) is 79.8 cm³/mol. The Hall–Kier alpha value is -2.15. The van der Waals surface area contributed by atoms with Crippen LogP contribution in [0.5, 0.6) is 0 Å². The fourth-order valence-corrected chi connectivity index (χ4v) is 2.41. The summed E-state index contributed by atoms with van der Waals surface area (Å²) >= 11 is 0. The van der Waals surface area contributed by atoms with Crippen molar-refractivity contribution in [3.05, 3.63) is 78.5 Å². The molecule has 0 N–H and O–H groups in total. The molecule has 0 bridgehead atoms. The van der Waals surface area contributed by atoms with Gasteiger partial charge in [0, 0.05) is 11.8 Å². The van der Waals surface area contributed by atoms with Gasteiger partial charge in [-0.15, -0.1) is 0 Å². The summed E-state index contributed by atoms with van der Waals surface area (Å²) in [6.45, 7) is 0. The second kappa shape index (κ2) is 5.66. The fraction of sp³-hybridized carbons (Fsp3) is 0.167. The van der Waals surface area contributed by atoms with Crippen molar-refractivity contribution in [2.24, 2.45) is 5.92 Å². The van der Waals surface area contributed by atoms with Crippen molar-refractivity contribution in [2.75, 3.05) is 0 Å². The summed E-state index contributed by atoms with van der Waals surface area (Å²) in [7, 11) is 0. The molecule has 0 spiro atoms. The summed E-state index contributed by atoms with van der Waals surface area (Å²) < 4.78 is 0. The Labute approximate surface area is 114 Å². The van der Waals surface area contributed by atoms with Gasteiger partial charge in [-0.2, -0.15) is 0 Å². The van der Waals surface area contributed by atoms with Crippen molar-refractivity contribution in [2.45, 2.75) is 12.8 Å². The molecule has 19 heavy (non-hydrogen) atoms. The number of hydrogen-bond donors (Lipinski definition) is 0. The van der Waals surface area contributed by atoms with Gasteiger partial charge in [-0.1, -0.05) is 60.7 Å². The van der Waals surface area contributed by atoms with Crippen molar-refractivity contribution < 1.29 is 0 Å². The second-order valence-corrected chi connectivity index (χ2v) is 4.93. The molecular formula is C18H17N. The number of rotatable bonds is 3. The van der Waals surface area contributed by atoms with E-state index in [1.807, 2.05) is 24.4 Å². The van der Waals surface area contributed by atoms with Crippen molar-refractivity contribution in [1.29, 1.82) is 0 Å². The fourth-order valence-electron chi connectivity index (χ4n) is 2.41. The van der Waals surface area contributed by atoms with Crippen molar-refractivity contribution >= 4 is 0 Å². The standard InChI is InChI=1S/C18H17N/c1-3-7-15(8-4-1)13-16-11-12-18(19-14-16)17-9-5-2-6-10-17/h1-7,9-12,14-15H,8,13H2. The highest BCUT2D eigenvalue weighted by atomic mass is 14.7. The van der Waals surface area contributed by atoms with Crippen molar-refractivity contribution in [1.82, 2.24) is 4.98 Å². The Balaban J connectivity index is 1.72. The average molecular weight is 247 g/mol. The van der Waals surface area contributed by atoms with Crippen LogP contribution in [-0.2, 0) is 6.42 Å². The van der Waals surface area contributed by atoms with E-state index in [0.29, 0.717) is 5.92 Å². The molecule has 1 aromatic heterocycles. The van der Waals surface area contributed by atoms with Crippen LogP contribution in [0.25, 0.3) is 11.3 Å². The molecule has 1 aliphatic carbocycles. The molecule has 1 heterocycles. The van der Waals surface area contributed by atoms with Gasteiger partial charge in [-0.3, -0.25) is 4.98 Å². The van der Waals surface area contributed by atoms with E-state index in [9.17, 15) is 0 Å². The number of allylic oxidation sites excluding steroid dienone is 4. The van der Waals surface area contributed by atoms with Crippen LogP contribution in [0.4, 0.5) is 0 Å². The highest BCUT2D eigenvalue weighted by Crippen LogP contribution is 2.20. The summed E-state index contributed by atoms with van der Waals surface area (Å²) in [5.41, 5.74) is 3.53. The largest absolute Gasteiger partial charge is 0.256 e. The zero-order valence-corrected chi connectivity index (χ0v) is 10.9. The van der Waals surface area contributed by atoms with Gasteiger partial charge in [0.05, 0.1) is 5.69 Å². The molecule has 0 amide bonds. The Morgan fingerprint density at radius 1 is 1.00 bits per heavy atom. The van der Waals surface area contributed by atoms with Crippen LogP contribution in [-0.4, -0.2) is 4.98 Å². The molecule has 1 unspecified atom stereocenters. The Morgan fingerprint density at radius 3 is 2.58 bits per heavy atom. The lowest BCUT2D eigenvalue weighted by Crippen LogP contribution is -2.02. The lowest BCUT2D eigenvalue weighted by atomic mass is 9.94. The molecule has 94 valence electrons. The molecule has 0 aliphatic heterocycles. The van der Waals surface area contributed by atoms with Crippen molar-refractivity contribution in [3.8, 4) is 11.3 Å². The van der Waals surface area contributed by atoms with E-state index in [1.165, 1.54) is 11.1 Å². The molecule has 0 radical (unpaired) electrons. The van der Waals surface area contributed by atoms with Gasteiger partial charge in [-0.25, -0.2) is 0 Å². The smallest absolute Gasteiger partial charge is 0.0702 e. The van der Waals surface area contributed by atoms with E-state index >= 15 is 0 Å². The van der Waals surface area contributed by atoms with Crippen LogP contribution >= 0.6 is 0 Å². The SMILES string of the molecule is C1=CCC(Cc2ccc(-c3ccccc3)nc2)C=C1. The summed E-state index contributed by atoms with van der Waals surface area (Å²) in [5, 5.41) is 0. The summed E-state index contributed by atoms with van der Waals surface area (Å²) in [4.78, 5) is 4.57. The van der Waals surface area contributed by atoms with Gasteiger partial charge < -0.3 is 0 Å². The third-order valence-electron chi connectivity index (χ3n) is 3.46. The first-order valence-electron chi connectivity index (χ1n) is 6.75. The quantitative estimate of drug-likeness (QED) is 0.782. The minimum absolute atomic E-state index is 0.620. The Morgan fingerprint density at radius 2 is 1.89 bits per heavy atom. The third kappa shape index (κ3) is 3.00. The van der Waals surface area contributed by atoms with Crippen LogP contribution in [0.3, 0.4) is 0 Å². The van der Waals surface area contributed by atoms with E-state index in [0.717, 1.165) is 18.5 Å². The topological polar surface area (TPSA) is 12.9 Å². The average Bonchev–Trinajstić information content (AvgIpc) is 2.50. The molecule has 0 saturated heterocycles. The van der Waals surface area contributed by atoms with E-state index in [4.69, 9.17) is 0 Å². The minimum atomic E-state index is 0.620. The number of hydrogen-bond acceptors (Lipinski definition) is 1. The molecule has 1 aromatic carbocycles. The highest BCUT2D eigenvalue weighted by molar-refractivity contribution is 5.58. The van der Waals surface area contributed by atoms with Crippen LogP contribution in [0, 0.1) is 5.92 Å². The van der Waals surface area contributed by atoms with E-state index in [2.05, 4.69) is 53.6 Å². The summed E-state index contributed by atoms with van der Waals surface area (Å²) in [6, 6.07) is 14.6. The normalized spacial score (nSPS) is 17.6. The number of pyridine rings is 1. The molecule has 0 fully saturated rings. The molecule has 3 rings (SSSR count). The van der Waals surface area contributed by atoms with Gasteiger partial charge in [0.2, 0.25) is 0 Å². The van der Waals surface area contributed by atoms with E-state index < -0.39 is 0 Å². The zero-order valence-electron chi connectivity index (χ0n) is 10.9. The molecule has 1 aliphatic rings. The van der Waals surface area contributed by atoms with Gasteiger partial charge in [0.1, 0.15) is 0 Å². The van der Waals surface area contributed by atoms with Gasteiger partial charge in [0.15, 0.2) is 0 Å². The summed E-state index contributed by atoms with van der Waals surface area (Å²) in [6.07, 6.45) is 13.0. The highest BCUT2D eigenvalue weighted by Gasteiger charge is 2.07. The Kier molecular flexibility index (Phi) is 3.55. The van der Waals surface area contributed by atoms with Crippen LogP contribution in [0.15, 0.2) is 73.0 Å². The van der Waals surface area contributed by atoms with Crippen LogP contribution in [0.2, 0.25) is 0 Å². The molecule has 0 saturated carbocycles. The van der Waals surface area contributed by atoms with Gasteiger partial charge in [0.25, 0.3) is 0 Å². The Bertz CT molecular complexity index is 579. The first-order chi connectivity index (χ1) is 9.42. The molecule has 1 atom stereocenters.